The molecular weight excluding hydrogens is 235 g/mol. The number of ether oxygens (including phenoxy) is 2. The molecule has 0 unspecified atom stereocenters. The van der Waals surface area contributed by atoms with Crippen molar-refractivity contribution in [3.63, 3.8) is 0 Å². The van der Waals surface area contributed by atoms with Gasteiger partial charge in [0.15, 0.2) is 11.5 Å². The van der Waals surface area contributed by atoms with Crippen LogP contribution in [0.5, 0.6) is 11.5 Å². The van der Waals surface area contributed by atoms with E-state index in [0.29, 0.717) is 5.75 Å². The zero-order valence-electron chi connectivity index (χ0n) is 7.39. The molecule has 1 aromatic rings. The van der Waals surface area contributed by atoms with Gasteiger partial charge in [-0.1, -0.05) is 0 Å². The molecule has 0 N–H and O–H groups in total. The molecule has 1 aromatic carbocycles. The summed E-state index contributed by atoms with van der Waals surface area (Å²) in [7, 11) is -4.41. The van der Waals surface area contributed by atoms with Crippen molar-refractivity contribution in [2.45, 2.75) is 4.90 Å². The van der Waals surface area contributed by atoms with Crippen LogP contribution in [0.2, 0.25) is 0 Å². The minimum Gasteiger partial charge on any atom is -0.744 e. The monoisotopic (exact) mass is 240 g/mol. The minimum absolute atomic E-state index is 0. The molecule has 0 aromatic heterocycles. The van der Waals surface area contributed by atoms with E-state index >= 15 is 0 Å². The van der Waals surface area contributed by atoms with Crippen LogP contribution in [0.3, 0.4) is 0 Å². The van der Waals surface area contributed by atoms with E-state index in [0.717, 1.165) is 6.07 Å². The molecule has 1 aliphatic heterocycles. The van der Waals surface area contributed by atoms with Gasteiger partial charge in [-0.05, 0) is 12.1 Å². The van der Waals surface area contributed by atoms with Crippen LogP contribution in [0.25, 0.3) is 0 Å². The molecule has 0 spiro atoms. The average molecular weight is 240 g/mol. The van der Waals surface area contributed by atoms with Crippen LogP contribution in [-0.2, 0) is 10.1 Å². The standard InChI is InChI=1S/C7H6O5S.K/c8-13(9,10)5-1-2-6-7(3-5)12-4-11-6;/h1-3H,4H2,(H,8,9,10);/q;+1/p-1. The first-order valence-electron chi connectivity index (χ1n) is 3.43. The van der Waals surface area contributed by atoms with Gasteiger partial charge in [-0.15, -0.1) is 0 Å². The van der Waals surface area contributed by atoms with E-state index < -0.39 is 10.1 Å². The Morgan fingerprint density at radius 1 is 1.21 bits per heavy atom. The summed E-state index contributed by atoms with van der Waals surface area (Å²) in [5.41, 5.74) is 0. The summed E-state index contributed by atoms with van der Waals surface area (Å²) in [5, 5.41) is 0. The molecule has 0 atom stereocenters. The molecule has 0 radical (unpaired) electrons. The van der Waals surface area contributed by atoms with Gasteiger partial charge in [0.1, 0.15) is 10.1 Å². The van der Waals surface area contributed by atoms with E-state index in [1.165, 1.54) is 12.1 Å². The Bertz CT molecular complexity index is 441. The van der Waals surface area contributed by atoms with Gasteiger partial charge in [-0.2, -0.15) is 0 Å². The molecule has 70 valence electrons. The van der Waals surface area contributed by atoms with E-state index in [-0.39, 0.29) is 68.8 Å². The molecule has 0 aliphatic carbocycles. The molecular formula is C7H5KO5S. The smallest absolute Gasteiger partial charge is 0.744 e. The van der Waals surface area contributed by atoms with Crippen LogP contribution < -0.4 is 60.9 Å². The minimum atomic E-state index is -4.41. The molecule has 0 saturated carbocycles. The Labute approximate surface area is 124 Å². The molecule has 7 heteroatoms. The van der Waals surface area contributed by atoms with E-state index in [4.69, 9.17) is 9.47 Å². The Morgan fingerprint density at radius 3 is 2.50 bits per heavy atom. The van der Waals surface area contributed by atoms with Gasteiger partial charge in [-0.3, -0.25) is 0 Å². The van der Waals surface area contributed by atoms with Gasteiger partial charge >= 0.3 is 51.4 Å². The molecule has 5 nitrogen and oxygen atoms in total. The van der Waals surface area contributed by atoms with Gasteiger partial charge in [-0.25, -0.2) is 8.42 Å². The third kappa shape index (κ3) is 2.48. The average Bonchev–Trinajstić information content (AvgIpc) is 2.47. The van der Waals surface area contributed by atoms with E-state index in [1.807, 2.05) is 0 Å². The maximum atomic E-state index is 10.6. The van der Waals surface area contributed by atoms with Crippen LogP contribution >= 0.6 is 0 Å². The van der Waals surface area contributed by atoms with Crippen molar-refractivity contribution in [3.8, 4) is 11.5 Å². The summed E-state index contributed by atoms with van der Waals surface area (Å²) in [4.78, 5) is -0.309. The van der Waals surface area contributed by atoms with Crippen molar-refractivity contribution in [1.29, 1.82) is 0 Å². The topological polar surface area (TPSA) is 75.7 Å². The second kappa shape index (κ2) is 4.48. The van der Waals surface area contributed by atoms with Crippen molar-refractivity contribution >= 4 is 10.1 Å². The van der Waals surface area contributed by atoms with E-state index in [1.54, 1.807) is 0 Å². The molecule has 1 heterocycles. The summed E-state index contributed by atoms with van der Waals surface area (Å²) < 4.78 is 41.6. The van der Waals surface area contributed by atoms with E-state index in [2.05, 4.69) is 0 Å². The first-order valence-corrected chi connectivity index (χ1v) is 4.84. The normalized spacial score (nSPS) is 13.5. The maximum absolute atomic E-state index is 10.6. The first kappa shape index (κ1) is 12.4. The summed E-state index contributed by atoms with van der Waals surface area (Å²) >= 11 is 0. The second-order valence-electron chi connectivity index (χ2n) is 2.47. The van der Waals surface area contributed by atoms with Crippen molar-refractivity contribution in [2.24, 2.45) is 0 Å². The first-order chi connectivity index (χ1) is 6.07. The predicted molar refractivity (Wildman–Crippen MR) is 40.5 cm³/mol. The Balaban J connectivity index is 0.000000980. The Kier molecular flexibility index (Phi) is 3.98. The number of fused-ring (bicyclic) bond motifs is 1. The fourth-order valence-electron chi connectivity index (χ4n) is 1.03. The quantitative estimate of drug-likeness (QED) is 0.395. The third-order valence-corrected chi connectivity index (χ3v) is 2.46. The van der Waals surface area contributed by atoms with Crippen LogP contribution in [0.4, 0.5) is 0 Å². The van der Waals surface area contributed by atoms with Crippen molar-refractivity contribution < 1.29 is 73.8 Å². The Morgan fingerprint density at radius 2 is 1.86 bits per heavy atom. The fraction of sp³-hybridized carbons (Fsp3) is 0.143. The largest absolute Gasteiger partial charge is 1.00 e. The van der Waals surface area contributed by atoms with Gasteiger partial charge in [0.25, 0.3) is 0 Å². The third-order valence-electron chi connectivity index (χ3n) is 1.63. The molecule has 1 aliphatic rings. The zero-order chi connectivity index (χ0) is 9.47. The SMILES string of the molecule is O=S(=O)([O-])c1ccc2c(c1)OCO2.[K+]. The number of hydrogen-bond acceptors (Lipinski definition) is 5. The molecule has 0 fully saturated rings. The van der Waals surface area contributed by atoms with Crippen LogP contribution in [0, 0.1) is 0 Å². The zero-order valence-corrected chi connectivity index (χ0v) is 11.3. The van der Waals surface area contributed by atoms with Crippen molar-refractivity contribution in [3.05, 3.63) is 18.2 Å². The molecule has 2 rings (SSSR count). The number of hydrogen-bond donors (Lipinski definition) is 0. The van der Waals surface area contributed by atoms with Crippen molar-refractivity contribution in [2.75, 3.05) is 6.79 Å². The van der Waals surface area contributed by atoms with Gasteiger partial charge in [0.2, 0.25) is 6.79 Å². The molecule has 14 heavy (non-hydrogen) atoms. The van der Waals surface area contributed by atoms with Gasteiger partial charge in [0, 0.05) is 6.07 Å². The maximum Gasteiger partial charge on any atom is 1.00 e. The fourth-order valence-corrected chi connectivity index (χ4v) is 1.52. The summed E-state index contributed by atoms with van der Waals surface area (Å²) in [6.07, 6.45) is 0. The summed E-state index contributed by atoms with van der Waals surface area (Å²) in [5.74, 6) is 0.740. The van der Waals surface area contributed by atoms with E-state index in [9.17, 15) is 13.0 Å². The summed E-state index contributed by atoms with van der Waals surface area (Å²) in [6.45, 7) is 0.0533. The van der Waals surface area contributed by atoms with Gasteiger partial charge < -0.3 is 14.0 Å². The van der Waals surface area contributed by atoms with Crippen LogP contribution in [0.1, 0.15) is 0 Å². The Hall–Kier alpha value is 0.366. The van der Waals surface area contributed by atoms with Crippen LogP contribution in [0.15, 0.2) is 23.1 Å². The molecule has 0 bridgehead atoms. The van der Waals surface area contributed by atoms with Crippen LogP contribution in [-0.4, -0.2) is 19.8 Å². The number of rotatable bonds is 1. The summed E-state index contributed by atoms with van der Waals surface area (Å²) in [6, 6.07) is 3.74. The molecule has 0 amide bonds. The van der Waals surface area contributed by atoms with Crippen molar-refractivity contribution in [1.82, 2.24) is 0 Å². The predicted octanol–water partition coefficient (Wildman–Crippen LogP) is -2.68. The molecule has 0 saturated heterocycles. The second-order valence-corrected chi connectivity index (χ2v) is 3.85. The number of benzene rings is 1. The van der Waals surface area contributed by atoms with Gasteiger partial charge in [0.05, 0.1) is 4.90 Å².